The molecule has 0 radical (unpaired) electrons. The maximum atomic E-state index is 11.0. The maximum absolute atomic E-state index is 11.0. The Labute approximate surface area is 96.4 Å². The van der Waals surface area contributed by atoms with Gasteiger partial charge in [-0.15, -0.1) is 0 Å². The molecule has 0 aromatic heterocycles. The molecule has 1 aromatic rings. The third-order valence-electron chi connectivity index (χ3n) is 2.94. The molecule has 0 aliphatic carbocycles. The Balaban J connectivity index is 1.97. The Hall–Kier alpha value is -1.57. The van der Waals surface area contributed by atoms with Crippen LogP contribution in [0, 0.1) is 0 Å². The molecular weight excluding hydrogens is 198 g/mol. The van der Waals surface area contributed by atoms with Crippen LogP contribution in [0.1, 0.15) is 30.9 Å². The van der Waals surface area contributed by atoms with Crippen LogP contribution in [0.25, 0.3) is 6.08 Å². The number of hydrogen-bond donors (Lipinski definition) is 1. The highest BCUT2D eigenvalue weighted by Gasteiger charge is 2.17. The van der Waals surface area contributed by atoms with Gasteiger partial charge in [0.05, 0.1) is 0 Å². The van der Waals surface area contributed by atoms with Gasteiger partial charge in [0, 0.05) is 12.5 Å². The minimum atomic E-state index is 0.163. The summed E-state index contributed by atoms with van der Waals surface area (Å²) in [4.78, 5) is 11.0. The third kappa shape index (κ3) is 2.72. The SMILES string of the molecule is CCc1ccc(/C=C/[C@H]2CCC(=O)N2)cc1. The number of rotatable bonds is 3. The number of carbonyl (C=O) groups excluding carboxylic acids is 1. The molecular formula is C14H17NO. The molecule has 1 aliphatic heterocycles. The molecule has 2 rings (SSSR count). The fourth-order valence-electron chi connectivity index (χ4n) is 1.87. The molecule has 2 heteroatoms. The second-order valence-electron chi connectivity index (χ2n) is 4.17. The van der Waals surface area contributed by atoms with E-state index in [0.29, 0.717) is 6.42 Å². The van der Waals surface area contributed by atoms with Crippen molar-refractivity contribution in [1.29, 1.82) is 0 Å². The quantitative estimate of drug-likeness (QED) is 0.824. The van der Waals surface area contributed by atoms with Crippen molar-refractivity contribution in [3.63, 3.8) is 0 Å². The van der Waals surface area contributed by atoms with E-state index in [4.69, 9.17) is 0 Å². The van der Waals surface area contributed by atoms with Crippen LogP contribution in [-0.4, -0.2) is 11.9 Å². The van der Waals surface area contributed by atoms with Crippen molar-refractivity contribution in [3.8, 4) is 0 Å². The van der Waals surface area contributed by atoms with Gasteiger partial charge in [-0.05, 0) is 24.0 Å². The van der Waals surface area contributed by atoms with E-state index in [9.17, 15) is 4.79 Å². The lowest BCUT2D eigenvalue weighted by Crippen LogP contribution is -2.22. The molecule has 1 atom stereocenters. The normalized spacial score (nSPS) is 20.3. The molecule has 2 nitrogen and oxygen atoms in total. The molecule has 1 heterocycles. The first-order valence-electron chi connectivity index (χ1n) is 5.84. The average molecular weight is 215 g/mol. The monoisotopic (exact) mass is 215 g/mol. The highest BCUT2D eigenvalue weighted by Crippen LogP contribution is 2.11. The summed E-state index contributed by atoms with van der Waals surface area (Å²) in [6, 6.07) is 8.75. The second kappa shape index (κ2) is 4.97. The lowest BCUT2D eigenvalue weighted by Gasteiger charge is -2.02. The summed E-state index contributed by atoms with van der Waals surface area (Å²) in [5, 5.41) is 2.92. The Bertz CT molecular complexity index is 392. The lowest BCUT2D eigenvalue weighted by molar-refractivity contribution is -0.119. The zero-order chi connectivity index (χ0) is 11.4. The molecule has 1 fully saturated rings. The largest absolute Gasteiger partial charge is 0.350 e. The molecule has 84 valence electrons. The van der Waals surface area contributed by atoms with Gasteiger partial charge >= 0.3 is 0 Å². The van der Waals surface area contributed by atoms with Crippen LogP contribution in [0.5, 0.6) is 0 Å². The minimum Gasteiger partial charge on any atom is -0.350 e. The number of hydrogen-bond acceptors (Lipinski definition) is 1. The second-order valence-corrected chi connectivity index (χ2v) is 4.17. The molecule has 1 aliphatic rings. The predicted octanol–water partition coefficient (Wildman–Crippen LogP) is 2.54. The van der Waals surface area contributed by atoms with Gasteiger partial charge in [0.2, 0.25) is 5.91 Å². The molecule has 1 aromatic carbocycles. The van der Waals surface area contributed by atoms with E-state index in [1.165, 1.54) is 11.1 Å². The smallest absolute Gasteiger partial charge is 0.220 e. The molecule has 0 spiro atoms. The van der Waals surface area contributed by atoms with E-state index in [1.54, 1.807) is 0 Å². The number of carbonyl (C=O) groups is 1. The topological polar surface area (TPSA) is 29.1 Å². The number of amides is 1. The molecule has 1 N–H and O–H groups in total. The number of nitrogens with one attached hydrogen (secondary N) is 1. The van der Waals surface area contributed by atoms with Gasteiger partial charge in [-0.3, -0.25) is 4.79 Å². The Morgan fingerprint density at radius 2 is 2.12 bits per heavy atom. The van der Waals surface area contributed by atoms with Crippen LogP contribution < -0.4 is 5.32 Å². The van der Waals surface area contributed by atoms with Crippen molar-refractivity contribution >= 4 is 12.0 Å². The van der Waals surface area contributed by atoms with Crippen molar-refractivity contribution < 1.29 is 4.79 Å². The summed E-state index contributed by atoms with van der Waals surface area (Å²) < 4.78 is 0. The van der Waals surface area contributed by atoms with Gasteiger partial charge in [0.1, 0.15) is 0 Å². The molecule has 1 amide bonds. The van der Waals surface area contributed by atoms with Crippen molar-refractivity contribution in [2.45, 2.75) is 32.2 Å². The van der Waals surface area contributed by atoms with E-state index in [2.05, 4.69) is 48.7 Å². The third-order valence-corrected chi connectivity index (χ3v) is 2.94. The van der Waals surface area contributed by atoms with Crippen LogP contribution >= 0.6 is 0 Å². The van der Waals surface area contributed by atoms with Gasteiger partial charge < -0.3 is 5.32 Å². The lowest BCUT2D eigenvalue weighted by atomic mass is 10.1. The van der Waals surface area contributed by atoms with Crippen molar-refractivity contribution in [3.05, 3.63) is 41.5 Å². The van der Waals surface area contributed by atoms with Crippen LogP contribution in [0.3, 0.4) is 0 Å². The number of benzene rings is 1. The minimum absolute atomic E-state index is 0.163. The van der Waals surface area contributed by atoms with E-state index < -0.39 is 0 Å². The maximum Gasteiger partial charge on any atom is 0.220 e. The molecule has 16 heavy (non-hydrogen) atoms. The van der Waals surface area contributed by atoms with E-state index in [1.807, 2.05) is 0 Å². The van der Waals surface area contributed by atoms with E-state index in [0.717, 1.165) is 12.8 Å². The van der Waals surface area contributed by atoms with Gasteiger partial charge in [0.25, 0.3) is 0 Å². The first kappa shape index (κ1) is 10.9. The van der Waals surface area contributed by atoms with Crippen molar-refractivity contribution in [1.82, 2.24) is 5.32 Å². The van der Waals surface area contributed by atoms with Gasteiger partial charge in [-0.25, -0.2) is 0 Å². The highest BCUT2D eigenvalue weighted by atomic mass is 16.1. The summed E-state index contributed by atoms with van der Waals surface area (Å²) in [6.45, 7) is 2.15. The fraction of sp³-hybridized carbons (Fsp3) is 0.357. The van der Waals surface area contributed by atoms with Crippen LogP contribution in [0.4, 0.5) is 0 Å². The van der Waals surface area contributed by atoms with E-state index in [-0.39, 0.29) is 11.9 Å². The van der Waals surface area contributed by atoms with Gasteiger partial charge in [0.15, 0.2) is 0 Å². The highest BCUT2D eigenvalue weighted by molar-refractivity contribution is 5.79. The molecule has 0 unspecified atom stereocenters. The van der Waals surface area contributed by atoms with Crippen LogP contribution in [0.2, 0.25) is 0 Å². The summed E-state index contributed by atoms with van der Waals surface area (Å²) in [5.41, 5.74) is 2.55. The summed E-state index contributed by atoms with van der Waals surface area (Å²) in [7, 11) is 0. The Morgan fingerprint density at radius 1 is 1.38 bits per heavy atom. The Kier molecular flexibility index (Phi) is 3.40. The van der Waals surface area contributed by atoms with Gasteiger partial charge in [-0.1, -0.05) is 43.3 Å². The van der Waals surface area contributed by atoms with E-state index >= 15 is 0 Å². The fourth-order valence-corrected chi connectivity index (χ4v) is 1.87. The number of aryl methyl sites for hydroxylation is 1. The average Bonchev–Trinajstić information content (AvgIpc) is 2.73. The first-order chi connectivity index (χ1) is 7.78. The summed E-state index contributed by atoms with van der Waals surface area (Å²) in [6.07, 6.45) is 6.80. The molecule has 0 saturated carbocycles. The first-order valence-corrected chi connectivity index (χ1v) is 5.84. The zero-order valence-corrected chi connectivity index (χ0v) is 9.57. The molecule has 0 bridgehead atoms. The van der Waals surface area contributed by atoms with Crippen molar-refractivity contribution in [2.75, 3.05) is 0 Å². The zero-order valence-electron chi connectivity index (χ0n) is 9.57. The van der Waals surface area contributed by atoms with Crippen molar-refractivity contribution in [2.24, 2.45) is 0 Å². The Morgan fingerprint density at radius 3 is 2.69 bits per heavy atom. The summed E-state index contributed by atoms with van der Waals surface area (Å²) in [5.74, 6) is 0.163. The van der Waals surface area contributed by atoms with Crippen LogP contribution in [0.15, 0.2) is 30.3 Å². The summed E-state index contributed by atoms with van der Waals surface area (Å²) >= 11 is 0. The van der Waals surface area contributed by atoms with Crippen LogP contribution in [-0.2, 0) is 11.2 Å². The van der Waals surface area contributed by atoms with Gasteiger partial charge in [-0.2, -0.15) is 0 Å². The molecule has 1 saturated heterocycles. The standard InChI is InChI=1S/C14H17NO/c1-2-11-3-5-12(6-4-11)7-8-13-9-10-14(16)15-13/h3-8,13H,2,9-10H2,1H3,(H,15,16)/b8-7+/t13-/m0/s1. The predicted molar refractivity (Wildman–Crippen MR) is 66.0 cm³/mol.